The third kappa shape index (κ3) is 1.38. The lowest BCUT2D eigenvalue weighted by molar-refractivity contribution is 1.65. The van der Waals surface area contributed by atoms with Gasteiger partial charge in [-0.05, 0) is 28.7 Å². The minimum absolute atomic E-state index is 0.327. The van der Waals surface area contributed by atoms with Gasteiger partial charge in [0.05, 0.1) is 8.80 Å². The molecule has 0 N–H and O–H groups in total. The standard InChI is InChI=1S/C11H13SSi/c1-12-10-7-8-5-4-6-9(8)11(10)13(2)3/h4-7H,1-3H3. The van der Waals surface area contributed by atoms with Crippen LogP contribution in [0.4, 0.5) is 0 Å². The van der Waals surface area contributed by atoms with E-state index in [4.69, 9.17) is 0 Å². The van der Waals surface area contributed by atoms with Crippen LogP contribution in [0.2, 0.25) is 13.1 Å². The number of allylic oxidation sites excluding steroid dienone is 7. The second-order valence-corrected chi connectivity index (χ2v) is 6.83. The van der Waals surface area contributed by atoms with Crippen molar-refractivity contribution in [3.63, 3.8) is 0 Å². The first-order chi connectivity index (χ1) is 6.24. The molecular weight excluding hydrogens is 192 g/mol. The smallest absolute Gasteiger partial charge is 0.0815 e. The summed E-state index contributed by atoms with van der Waals surface area (Å²) in [4.78, 5) is 1.49. The summed E-state index contributed by atoms with van der Waals surface area (Å²) in [7, 11) is -0.327. The molecule has 0 unspecified atom stereocenters. The highest BCUT2D eigenvalue weighted by molar-refractivity contribution is 8.02. The highest BCUT2D eigenvalue weighted by atomic mass is 32.2. The van der Waals surface area contributed by atoms with Crippen molar-refractivity contribution in [2.75, 3.05) is 6.26 Å². The summed E-state index contributed by atoms with van der Waals surface area (Å²) in [6, 6.07) is 0. The molecule has 0 nitrogen and oxygen atoms in total. The van der Waals surface area contributed by atoms with Crippen LogP contribution in [0.5, 0.6) is 0 Å². The average Bonchev–Trinajstić information content (AvgIpc) is 2.59. The van der Waals surface area contributed by atoms with Gasteiger partial charge in [0.1, 0.15) is 0 Å². The summed E-state index contributed by atoms with van der Waals surface area (Å²) < 4.78 is 0. The minimum Gasteiger partial charge on any atom is -0.130 e. The van der Waals surface area contributed by atoms with E-state index in [-0.39, 0.29) is 8.80 Å². The highest BCUT2D eigenvalue weighted by Gasteiger charge is 2.23. The third-order valence-corrected chi connectivity index (χ3v) is 4.85. The topological polar surface area (TPSA) is 0 Å². The molecule has 1 radical (unpaired) electrons. The van der Waals surface area contributed by atoms with Crippen LogP contribution in [0.25, 0.3) is 0 Å². The van der Waals surface area contributed by atoms with E-state index in [1.165, 1.54) is 16.1 Å². The van der Waals surface area contributed by atoms with E-state index < -0.39 is 0 Å². The first-order valence-corrected chi connectivity index (χ1v) is 8.16. The molecule has 2 rings (SSSR count). The van der Waals surface area contributed by atoms with E-state index >= 15 is 0 Å². The van der Waals surface area contributed by atoms with Crippen molar-refractivity contribution in [1.29, 1.82) is 0 Å². The second-order valence-electron chi connectivity index (χ2n) is 3.48. The zero-order valence-electron chi connectivity index (χ0n) is 8.22. The maximum Gasteiger partial charge on any atom is 0.0815 e. The summed E-state index contributed by atoms with van der Waals surface area (Å²) in [6.07, 6.45) is 11.1. The van der Waals surface area contributed by atoms with Crippen LogP contribution in [0.1, 0.15) is 0 Å². The molecule has 0 aromatic heterocycles. The fourth-order valence-electron chi connectivity index (χ4n) is 1.81. The highest BCUT2D eigenvalue weighted by Crippen LogP contribution is 2.40. The van der Waals surface area contributed by atoms with Crippen molar-refractivity contribution in [3.05, 3.63) is 45.6 Å². The molecule has 2 aliphatic rings. The van der Waals surface area contributed by atoms with E-state index in [2.05, 4.69) is 43.7 Å². The van der Waals surface area contributed by atoms with Crippen molar-refractivity contribution < 1.29 is 0 Å². The van der Waals surface area contributed by atoms with Crippen molar-refractivity contribution in [2.45, 2.75) is 13.1 Å². The molecule has 0 saturated carbocycles. The number of thioether (sulfide) groups is 1. The number of fused-ring (bicyclic) bond motifs is 1. The van der Waals surface area contributed by atoms with Gasteiger partial charge in [0.15, 0.2) is 0 Å². The molecule has 0 fully saturated rings. The molecule has 13 heavy (non-hydrogen) atoms. The summed E-state index contributed by atoms with van der Waals surface area (Å²) in [5.74, 6) is 0. The quantitative estimate of drug-likeness (QED) is 0.623. The lowest BCUT2D eigenvalue weighted by Gasteiger charge is -2.09. The van der Waals surface area contributed by atoms with Gasteiger partial charge in [-0.2, -0.15) is 0 Å². The maximum atomic E-state index is 2.37. The summed E-state index contributed by atoms with van der Waals surface area (Å²) >= 11 is 1.88. The maximum absolute atomic E-state index is 2.37. The van der Waals surface area contributed by atoms with Gasteiger partial charge in [0.25, 0.3) is 0 Å². The molecule has 0 aromatic carbocycles. The fourth-order valence-corrected chi connectivity index (χ4v) is 4.62. The van der Waals surface area contributed by atoms with Crippen molar-refractivity contribution in [1.82, 2.24) is 0 Å². The molecule has 0 bridgehead atoms. The SMILES string of the molecule is CSC1=CC2=CC=CC2=C1[Si](C)C. The number of hydrogen-bond acceptors (Lipinski definition) is 1. The molecule has 2 heteroatoms. The minimum atomic E-state index is -0.327. The molecule has 0 spiro atoms. The molecular formula is C11H13SSi. The Balaban J connectivity index is 2.49. The van der Waals surface area contributed by atoms with Crippen LogP contribution >= 0.6 is 11.8 Å². The molecule has 0 aromatic rings. The number of rotatable bonds is 2. The van der Waals surface area contributed by atoms with Crippen LogP contribution in [0, 0.1) is 0 Å². The van der Waals surface area contributed by atoms with Crippen molar-refractivity contribution in [2.24, 2.45) is 0 Å². The summed E-state index contributed by atoms with van der Waals surface area (Å²) in [5.41, 5.74) is 2.91. The van der Waals surface area contributed by atoms with Gasteiger partial charge in [0.2, 0.25) is 0 Å². The average molecular weight is 205 g/mol. The Bertz CT molecular complexity index is 356. The lowest BCUT2D eigenvalue weighted by atomic mass is 10.2. The van der Waals surface area contributed by atoms with Gasteiger partial charge in [-0.1, -0.05) is 31.3 Å². The van der Waals surface area contributed by atoms with Crippen molar-refractivity contribution in [3.8, 4) is 0 Å². The van der Waals surface area contributed by atoms with E-state index in [9.17, 15) is 0 Å². The summed E-state index contributed by atoms with van der Waals surface area (Å²) in [6.45, 7) is 4.73. The third-order valence-electron chi connectivity index (χ3n) is 2.37. The van der Waals surface area contributed by atoms with Gasteiger partial charge >= 0.3 is 0 Å². The molecule has 0 aliphatic heterocycles. The Kier molecular flexibility index (Phi) is 2.34. The first-order valence-electron chi connectivity index (χ1n) is 4.43. The van der Waals surface area contributed by atoms with Crippen LogP contribution in [0.15, 0.2) is 45.6 Å². The predicted octanol–water partition coefficient (Wildman–Crippen LogP) is 3.33. The Labute approximate surface area is 85.7 Å². The normalized spacial score (nSPS) is 19.7. The largest absolute Gasteiger partial charge is 0.130 e. The Hall–Kier alpha value is -0.473. The van der Waals surface area contributed by atoms with E-state index in [0.717, 1.165) is 0 Å². The van der Waals surface area contributed by atoms with E-state index in [1.54, 1.807) is 5.20 Å². The van der Waals surface area contributed by atoms with Crippen LogP contribution in [-0.2, 0) is 0 Å². The van der Waals surface area contributed by atoms with Gasteiger partial charge in [-0.25, -0.2) is 0 Å². The molecule has 0 atom stereocenters. The zero-order valence-corrected chi connectivity index (χ0v) is 10.0. The van der Waals surface area contributed by atoms with E-state index in [1.807, 2.05) is 11.8 Å². The molecule has 2 aliphatic carbocycles. The van der Waals surface area contributed by atoms with Crippen LogP contribution in [-0.4, -0.2) is 15.1 Å². The lowest BCUT2D eigenvalue weighted by Crippen LogP contribution is -2.06. The fraction of sp³-hybridized carbons (Fsp3) is 0.273. The van der Waals surface area contributed by atoms with Gasteiger partial charge in [0, 0.05) is 4.91 Å². The Morgan fingerprint density at radius 2 is 2.08 bits per heavy atom. The summed E-state index contributed by atoms with van der Waals surface area (Å²) in [5, 5.41) is 1.62. The monoisotopic (exact) mass is 205 g/mol. The van der Waals surface area contributed by atoms with E-state index in [0.29, 0.717) is 0 Å². The zero-order chi connectivity index (χ0) is 9.42. The van der Waals surface area contributed by atoms with Crippen molar-refractivity contribution >= 4 is 20.6 Å². The number of hydrogen-bond donors (Lipinski definition) is 0. The van der Waals surface area contributed by atoms with Crippen LogP contribution < -0.4 is 0 Å². The van der Waals surface area contributed by atoms with Gasteiger partial charge in [-0.3, -0.25) is 0 Å². The predicted molar refractivity (Wildman–Crippen MR) is 63.3 cm³/mol. The molecule has 0 saturated heterocycles. The second kappa shape index (κ2) is 3.35. The molecule has 0 heterocycles. The first kappa shape index (κ1) is 9.10. The van der Waals surface area contributed by atoms with Gasteiger partial charge < -0.3 is 0 Å². The molecule has 67 valence electrons. The Morgan fingerprint density at radius 1 is 1.31 bits per heavy atom. The Morgan fingerprint density at radius 3 is 2.69 bits per heavy atom. The van der Waals surface area contributed by atoms with Gasteiger partial charge in [-0.15, -0.1) is 11.8 Å². The molecule has 0 amide bonds. The van der Waals surface area contributed by atoms with Crippen LogP contribution in [0.3, 0.4) is 0 Å².